The number of hydrogen-bond donors (Lipinski definition) is 0. The van der Waals surface area contributed by atoms with Crippen LogP contribution in [0.5, 0.6) is 0 Å². The van der Waals surface area contributed by atoms with Gasteiger partial charge in [-0.2, -0.15) is 0 Å². The molecule has 13 heavy (non-hydrogen) atoms. The quantitative estimate of drug-likeness (QED) is 0.560. The van der Waals surface area contributed by atoms with Crippen molar-refractivity contribution in [3.8, 4) is 0 Å². The molecule has 0 spiro atoms. The molecule has 0 radical (unpaired) electrons. The van der Waals surface area contributed by atoms with Gasteiger partial charge in [-0.3, -0.25) is 0 Å². The Labute approximate surface area is 79.4 Å². The van der Waals surface area contributed by atoms with Crippen LogP contribution >= 0.6 is 0 Å². The number of hydrogen-bond acceptors (Lipinski definition) is 2. The average Bonchev–Trinajstić information content (AvgIpc) is 2.28. The van der Waals surface area contributed by atoms with E-state index >= 15 is 0 Å². The third kappa shape index (κ3) is 2.59. The predicted molar refractivity (Wildman–Crippen MR) is 50.7 cm³/mol. The maximum absolute atomic E-state index is 11.7. The van der Waals surface area contributed by atoms with E-state index in [9.17, 15) is 4.79 Å². The standard InChI is InChI=1S/C9H18N2O2/c1-8-4-6-13-7-5-11(8)9(12)10(2)3/h8H,4-7H2,1-3H3. The molecule has 1 heterocycles. The zero-order chi connectivity index (χ0) is 9.84. The van der Waals surface area contributed by atoms with Gasteiger partial charge in [0.2, 0.25) is 0 Å². The maximum atomic E-state index is 11.7. The monoisotopic (exact) mass is 186 g/mol. The number of ether oxygens (including phenoxy) is 1. The molecule has 4 nitrogen and oxygen atoms in total. The molecule has 0 aliphatic carbocycles. The van der Waals surface area contributed by atoms with Crippen LogP contribution in [0.25, 0.3) is 0 Å². The van der Waals surface area contributed by atoms with Crippen molar-refractivity contribution in [2.24, 2.45) is 0 Å². The van der Waals surface area contributed by atoms with Gasteiger partial charge in [-0.15, -0.1) is 0 Å². The minimum atomic E-state index is 0.0815. The molecule has 1 fully saturated rings. The minimum absolute atomic E-state index is 0.0815. The molecule has 4 heteroatoms. The molecule has 1 aliphatic heterocycles. The zero-order valence-corrected chi connectivity index (χ0v) is 8.62. The van der Waals surface area contributed by atoms with Crippen molar-refractivity contribution in [2.45, 2.75) is 19.4 Å². The third-order valence-corrected chi connectivity index (χ3v) is 2.32. The summed E-state index contributed by atoms with van der Waals surface area (Å²) in [5.74, 6) is 0. The highest BCUT2D eigenvalue weighted by atomic mass is 16.5. The van der Waals surface area contributed by atoms with Gasteiger partial charge in [0.25, 0.3) is 0 Å². The van der Waals surface area contributed by atoms with Gasteiger partial charge in [-0.25, -0.2) is 4.79 Å². The smallest absolute Gasteiger partial charge is 0.319 e. The average molecular weight is 186 g/mol. The SMILES string of the molecule is CC1CCOCCN1C(=O)N(C)C. The number of rotatable bonds is 0. The van der Waals surface area contributed by atoms with Gasteiger partial charge in [0.1, 0.15) is 0 Å². The van der Waals surface area contributed by atoms with E-state index in [4.69, 9.17) is 4.74 Å². The van der Waals surface area contributed by atoms with E-state index < -0.39 is 0 Å². The van der Waals surface area contributed by atoms with Crippen molar-refractivity contribution in [3.63, 3.8) is 0 Å². The Morgan fingerprint density at radius 3 is 2.77 bits per heavy atom. The first-order chi connectivity index (χ1) is 6.13. The molecule has 1 aliphatic rings. The predicted octanol–water partition coefficient (Wildman–Crippen LogP) is 0.779. The minimum Gasteiger partial charge on any atom is -0.380 e. The van der Waals surface area contributed by atoms with Crippen molar-refractivity contribution < 1.29 is 9.53 Å². The lowest BCUT2D eigenvalue weighted by Crippen LogP contribution is -2.44. The topological polar surface area (TPSA) is 32.8 Å². The van der Waals surface area contributed by atoms with E-state index in [1.807, 2.05) is 4.90 Å². The molecule has 0 aromatic carbocycles. The second kappa shape index (κ2) is 4.46. The Bertz CT molecular complexity index is 182. The van der Waals surface area contributed by atoms with Crippen LogP contribution in [0.3, 0.4) is 0 Å². The molecule has 0 bridgehead atoms. The number of urea groups is 1. The van der Waals surface area contributed by atoms with Crippen molar-refractivity contribution in [1.29, 1.82) is 0 Å². The molecule has 2 amide bonds. The second-order valence-corrected chi connectivity index (χ2v) is 3.62. The summed E-state index contributed by atoms with van der Waals surface area (Å²) in [6, 6.07) is 0.371. The van der Waals surface area contributed by atoms with Gasteiger partial charge >= 0.3 is 6.03 Å². The van der Waals surface area contributed by atoms with Crippen LogP contribution in [0.15, 0.2) is 0 Å². The van der Waals surface area contributed by atoms with E-state index in [2.05, 4.69) is 6.92 Å². The maximum Gasteiger partial charge on any atom is 0.319 e. The van der Waals surface area contributed by atoms with Gasteiger partial charge in [-0.05, 0) is 13.3 Å². The van der Waals surface area contributed by atoms with Crippen molar-refractivity contribution in [1.82, 2.24) is 9.80 Å². The van der Waals surface area contributed by atoms with Crippen molar-refractivity contribution in [3.05, 3.63) is 0 Å². The molecule has 0 aromatic rings. The number of nitrogens with zero attached hydrogens (tertiary/aromatic N) is 2. The zero-order valence-electron chi connectivity index (χ0n) is 8.62. The largest absolute Gasteiger partial charge is 0.380 e. The molecule has 0 N–H and O–H groups in total. The summed E-state index contributed by atoms with van der Waals surface area (Å²) in [4.78, 5) is 15.1. The van der Waals surface area contributed by atoms with Crippen LogP contribution < -0.4 is 0 Å². The summed E-state index contributed by atoms with van der Waals surface area (Å²) in [6.07, 6.45) is 0.930. The summed E-state index contributed by atoms with van der Waals surface area (Å²) in [5, 5.41) is 0. The molecule has 76 valence electrons. The van der Waals surface area contributed by atoms with Gasteiger partial charge in [-0.1, -0.05) is 0 Å². The third-order valence-electron chi connectivity index (χ3n) is 2.32. The Balaban J connectivity index is 2.58. The van der Waals surface area contributed by atoms with Crippen LogP contribution in [0, 0.1) is 0 Å². The van der Waals surface area contributed by atoms with Crippen LogP contribution in [0.4, 0.5) is 4.79 Å². The Morgan fingerprint density at radius 1 is 1.46 bits per heavy atom. The number of carbonyl (C=O) groups is 1. The normalized spacial score (nSPS) is 23.9. The van der Waals surface area contributed by atoms with Crippen LogP contribution in [0.1, 0.15) is 13.3 Å². The molecule has 1 saturated heterocycles. The highest BCUT2D eigenvalue weighted by molar-refractivity contribution is 5.74. The van der Waals surface area contributed by atoms with Gasteiger partial charge in [0, 0.05) is 33.3 Å². The van der Waals surface area contributed by atoms with Gasteiger partial charge in [0.15, 0.2) is 0 Å². The second-order valence-electron chi connectivity index (χ2n) is 3.62. The molecule has 1 unspecified atom stereocenters. The summed E-state index contributed by atoms with van der Waals surface area (Å²) in [7, 11) is 3.56. The van der Waals surface area contributed by atoms with Crippen LogP contribution in [-0.2, 0) is 4.74 Å². The molecule has 0 saturated carbocycles. The van der Waals surface area contributed by atoms with Crippen LogP contribution in [0.2, 0.25) is 0 Å². The highest BCUT2D eigenvalue weighted by Crippen LogP contribution is 2.09. The first-order valence-electron chi connectivity index (χ1n) is 4.68. The van der Waals surface area contributed by atoms with Gasteiger partial charge in [0.05, 0.1) is 6.61 Å². The fourth-order valence-corrected chi connectivity index (χ4v) is 1.44. The van der Waals surface area contributed by atoms with Crippen molar-refractivity contribution in [2.75, 3.05) is 33.9 Å². The molecule has 1 atom stereocenters. The van der Waals surface area contributed by atoms with E-state index in [1.54, 1.807) is 19.0 Å². The molecular weight excluding hydrogens is 168 g/mol. The first kappa shape index (κ1) is 10.3. The van der Waals surface area contributed by atoms with E-state index in [-0.39, 0.29) is 12.1 Å². The lowest BCUT2D eigenvalue weighted by Gasteiger charge is -2.29. The molecular formula is C9H18N2O2. The Hall–Kier alpha value is -0.770. The van der Waals surface area contributed by atoms with E-state index in [0.29, 0.717) is 13.2 Å². The van der Waals surface area contributed by atoms with E-state index in [0.717, 1.165) is 13.0 Å². The van der Waals surface area contributed by atoms with Gasteiger partial charge < -0.3 is 14.5 Å². The lowest BCUT2D eigenvalue weighted by atomic mass is 10.2. The molecule has 1 rings (SSSR count). The first-order valence-corrected chi connectivity index (χ1v) is 4.68. The molecule has 0 aromatic heterocycles. The Kier molecular flexibility index (Phi) is 3.54. The summed E-state index contributed by atoms with van der Waals surface area (Å²) < 4.78 is 5.31. The Morgan fingerprint density at radius 2 is 2.15 bits per heavy atom. The lowest BCUT2D eigenvalue weighted by molar-refractivity contribution is 0.135. The number of amides is 2. The highest BCUT2D eigenvalue weighted by Gasteiger charge is 2.22. The van der Waals surface area contributed by atoms with E-state index in [1.165, 1.54) is 0 Å². The summed E-state index contributed by atoms with van der Waals surface area (Å²) in [5.41, 5.74) is 0. The fraction of sp³-hybridized carbons (Fsp3) is 0.889. The summed E-state index contributed by atoms with van der Waals surface area (Å²) >= 11 is 0. The van der Waals surface area contributed by atoms with Crippen molar-refractivity contribution >= 4 is 6.03 Å². The van der Waals surface area contributed by atoms with Crippen LogP contribution in [-0.4, -0.2) is 55.7 Å². The summed E-state index contributed by atoms with van der Waals surface area (Å²) in [6.45, 7) is 4.19. The number of carbonyl (C=O) groups excluding carboxylic acids is 1. The fourth-order valence-electron chi connectivity index (χ4n) is 1.44.